The van der Waals surface area contributed by atoms with Crippen molar-refractivity contribution in [2.45, 2.75) is 19.8 Å². The number of rotatable bonds is 3. The first kappa shape index (κ1) is 8.98. The second-order valence-corrected chi connectivity index (χ2v) is 4.55. The van der Waals surface area contributed by atoms with E-state index >= 15 is 0 Å². The smallest absolute Gasteiger partial charge is 0.0934 e. The van der Waals surface area contributed by atoms with Crippen LogP contribution in [0.5, 0.6) is 0 Å². The van der Waals surface area contributed by atoms with Gasteiger partial charge in [0.25, 0.3) is 0 Å². The molecule has 64 valence electrons. The molecule has 1 unspecified atom stereocenters. The predicted octanol–water partition coefficient (Wildman–Crippen LogP) is 2.68. The van der Waals surface area contributed by atoms with Gasteiger partial charge in [0.15, 0.2) is 0 Å². The molecular weight excluding hydrogens is 156 g/mol. The molecule has 1 aliphatic heterocycles. The largest absolute Gasteiger partial charge is 0.501 e. The van der Waals surface area contributed by atoms with Gasteiger partial charge in [-0.05, 0) is 18.6 Å². The van der Waals surface area contributed by atoms with Crippen LogP contribution >= 0.6 is 11.8 Å². The molecule has 0 aromatic rings. The monoisotopic (exact) mass is 172 g/mol. The molecule has 1 rings (SSSR count). The van der Waals surface area contributed by atoms with E-state index < -0.39 is 0 Å². The summed E-state index contributed by atoms with van der Waals surface area (Å²) in [6, 6.07) is 0. The number of ether oxygens (including phenoxy) is 1. The third-order valence-electron chi connectivity index (χ3n) is 2.07. The quantitative estimate of drug-likeness (QED) is 0.605. The van der Waals surface area contributed by atoms with Crippen LogP contribution in [-0.4, -0.2) is 18.1 Å². The average Bonchev–Trinajstić information content (AvgIpc) is 2.03. The van der Waals surface area contributed by atoms with Crippen molar-refractivity contribution in [2.75, 3.05) is 18.1 Å². The fraction of sp³-hybridized carbons (Fsp3) is 0.778. The highest BCUT2D eigenvalue weighted by Gasteiger charge is 2.27. The molecule has 0 saturated carbocycles. The Hall–Kier alpha value is -0.110. The van der Waals surface area contributed by atoms with E-state index in [1.165, 1.54) is 24.3 Å². The van der Waals surface area contributed by atoms with Gasteiger partial charge in [-0.15, -0.1) is 0 Å². The van der Waals surface area contributed by atoms with E-state index in [-0.39, 0.29) is 0 Å². The highest BCUT2D eigenvalue weighted by atomic mass is 32.2. The summed E-state index contributed by atoms with van der Waals surface area (Å²) in [6.07, 6.45) is 4.18. The summed E-state index contributed by atoms with van der Waals surface area (Å²) in [4.78, 5) is 0. The second-order valence-electron chi connectivity index (χ2n) is 3.44. The molecule has 1 heterocycles. The minimum Gasteiger partial charge on any atom is -0.501 e. The fourth-order valence-electron chi connectivity index (χ4n) is 1.37. The number of hydrogen-bond acceptors (Lipinski definition) is 2. The first-order valence-electron chi connectivity index (χ1n) is 4.07. The summed E-state index contributed by atoms with van der Waals surface area (Å²) in [5, 5.41) is 0. The van der Waals surface area contributed by atoms with Gasteiger partial charge in [-0.25, -0.2) is 0 Å². The van der Waals surface area contributed by atoms with Gasteiger partial charge >= 0.3 is 0 Å². The summed E-state index contributed by atoms with van der Waals surface area (Å²) >= 11 is 2.04. The molecule has 1 atom stereocenters. The molecule has 2 heteroatoms. The van der Waals surface area contributed by atoms with Crippen LogP contribution in [0.3, 0.4) is 0 Å². The van der Waals surface area contributed by atoms with Crippen LogP contribution in [0.2, 0.25) is 0 Å². The van der Waals surface area contributed by atoms with Crippen molar-refractivity contribution < 1.29 is 4.74 Å². The van der Waals surface area contributed by atoms with E-state index in [4.69, 9.17) is 4.74 Å². The lowest BCUT2D eigenvalue weighted by Crippen LogP contribution is -2.28. The van der Waals surface area contributed by atoms with Crippen LogP contribution in [0.15, 0.2) is 12.8 Å². The van der Waals surface area contributed by atoms with Crippen molar-refractivity contribution in [3.8, 4) is 0 Å². The molecule has 0 aromatic heterocycles. The standard InChI is InChI=1S/C9H16OS/c1-3-10-7-9(2)5-4-6-11-8-9/h3H,1,4-8H2,2H3. The van der Waals surface area contributed by atoms with Crippen molar-refractivity contribution in [1.29, 1.82) is 0 Å². The normalized spacial score (nSPS) is 31.4. The molecule has 0 aliphatic carbocycles. The third kappa shape index (κ3) is 2.78. The maximum Gasteiger partial charge on any atom is 0.0934 e. The Balaban J connectivity index is 2.30. The zero-order valence-corrected chi connectivity index (χ0v) is 7.95. The van der Waals surface area contributed by atoms with E-state index in [1.54, 1.807) is 6.26 Å². The van der Waals surface area contributed by atoms with E-state index in [0.29, 0.717) is 5.41 Å². The second kappa shape index (κ2) is 4.05. The van der Waals surface area contributed by atoms with E-state index in [2.05, 4.69) is 13.5 Å². The molecule has 1 fully saturated rings. The van der Waals surface area contributed by atoms with E-state index in [1.807, 2.05) is 11.8 Å². The van der Waals surface area contributed by atoms with Gasteiger partial charge in [-0.3, -0.25) is 0 Å². The lowest BCUT2D eigenvalue weighted by Gasteiger charge is -2.32. The SMILES string of the molecule is C=COCC1(C)CCCSC1. The lowest BCUT2D eigenvalue weighted by molar-refractivity contribution is 0.131. The molecule has 0 aromatic carbocycles. The molecule has 1 nitrogen and oxygen atoms in total. The first-order chi connectivity index (χ1) is 5.27. The number of thioether (sulfide) groups is 1. The first-order valence-corrected chi connectivity index (χ1v) is 5.23. The summed E-state index contributed by atoms with van der Waals surface area (Å²) in [5.74, 6) is 2.56. The Morgan fingerprint density at radius 2 is 2.55 bits per heavy atom. The third-order valence-corrected chi connectivity index (χ3v) is 3.55. The molecule has 1 saturated heterocycles. The minimum atomic E-state index is 0.400. The molecule has 11 heavy (non-hydrogen) atoms. The van der Waals surface area contributed by atoms with Crippen molar-refractivity contribution in [2.24, 2.45) is 5.41 Å². The Bertz CT molecular complexity index is 128. The van der Waals surface area contributed by atoms with Crippen LogP contribution in [0, 0.1) is 5.41 Å². The predicted molar refractivity (Wildman–Crippen MR) is 50.8 cm³/mol. The van der Waals surface area contributed by atoms with Gasteiger partial charge < -0.3 is 4.74 Å². The Labute approximate surface area is 73.2 Å². The lowest BCUT2D eigenvalue weighted by atomic mass is 9.88. The number of hydrogen-bond donors (Lipinski definition) is 0. The zero-order chi connectivity index (χ0) is 8.16. The van der Waals surface area contributed by atoms with Crippen LogP contribution in [-0.2, 0) is 4.74 Å². The van der Waals surface area contributed by atoms with Gasteiger partial charge in [-0.2, -0.15) is 11.8 Å². The average molecular weight is 172 g/mol. The van der Waals surface area contributed by atoms with Gasteiger partial charge in [0, 0.05) is 11.2 Å². The summed E-state index contributed by atoms with van der Waals surface area (Å²) in [5.41, 5.74) is 0.400. The maximum atomic E-state index is 5.23. The Morgan fingerprint density at radius 1 is 1.73 bits per heavy atom. The van der Waals surface area contributed by atoms with E-state index in [0.717, 1.165) is 6.61 Å². The van der Waals surface area contributed by atoms with Gasteiger partial charge in [0.05, 0.1) is 12.9 Å². The van der Waals surface area contributed by atoms with Crippen molar-refractivity contribution >= 4 is 11.8 Å². The van der Waals surface area contributed by atoms with Gasteiger partial charge in [0.1, 0.15) is 0 Å². The van der Waals surface area contributed by atoms with Gasteiger partial charge in [-0.1, -0.05) is 13.5 Å². The Kier molecular flexibility index (Phi) is 3.31. The molecule has 0 N–H and O–H groups in total. The topological polar surface area (TPSA) is 9.23 Å². The minimum absolute atomic E-state index is 0.400. The fourth-order valence-corrected chi connectivity index (χ4v) is 2.58. The summed E-state index contributed by atoms with van der Waals surface area (Å²) in [6.45, 7) is 6.68. The molecule has 0 bridgehead atoms. The summed E-state index contributed by atoms with van der Waals surface area (Å²) < 4.78 is 5.23. The molecule has 1 aliphatic rings. The van der Waals surface area contributed by atoms with Crippen LogP contribution in [0.1, 0.15) is 19.8 Å². The highest BCUT2D eigenvalue weighted by molar-refractivity contribution is 7.99. The van der Waals surface area contributed by atoms with Crippen LogP contribution in [0.4, 0.5) is 0 Å². The molecule has 0 radical (unpaired) electrons. The van der Waals surface area contributed by atoms with Gasteiger partial charge in [0.2, 0.25) is 0 Å². The molecular formula is C9H16OS. The van der Waals surface area contributed by atoms with Crippen molar-refractivity contribution in [3.63, 3.8) is 0 Å². The highest BCUT2D eigenvalue weighted by Crippen LogP contribution is 2.33. The zero-order valence-electron chi connectivity index (χ0n) is 7.14. The summed E-state index contributed by atoms with van der Waals surface area (Å²) in [7, 11) is 0. The molecule has 0 spiro atoms. The van der Waals surface area contributed by atoms with Crippen LogP contribution < -0.4 is 0 Å². The van der Waals surface area contributed by atoms with E-state index in [9.17, 15) is 0 Å². The van der Waals surface area contributed by atoms with Crippen LogP contribution in [0.25, 0.3) is 0 Å². The maximum absolute atomic E-state index is 5.23. The molecule has 0 amide bonds. The van der Waals surface area contributed by atoms with Crippen molar-refractivity contribution in [3.05, 3.63) is 12.8 Å². The van der Waals surface area contributed by atoms with Crippen molar-refractivity contribution in [1.82, 2.24) is 0 Å². The Morgan fingerprint density at radius 3 is 3.09 bits per heavy atom.